The zero-order valence-corrected chi connectivity index (χ0v) is 9.10. The van der Waals surface area contributed by atoms with Gasteiger partial charge < -0.3 is 0 Å². The maximum atomic E-state index is 11.7. The van der Waals surface area contributed by atoms with Crippen molar-refractivity contribution in [3.8, 4) is 0 Å². The van der Waals surface area contributed by atoms with Crippen molar-refractivity contribution < 1.29 is 0 Å². The first-order valence-corrected chi connectivity index (χ1v) is 5.38. The third kappa shape index (κ3) is 2.19. The van der Waals surface area contributed by atoms with Gasteiger partial charge in [0, 0.05) is 18.1 Å². The monoisotopic (exact) mass is 214 g/mol. The molecule has 0 unspecified atom stereocenters. The number of para-hydroxylation sites is 1. The number of fused-ring (bicyclic) bond motifs is 1. The summed E-state index contributed by atoms with van der Waals surface area (Å²) in [4.78, 5) is 15.7. The molecule has 0 bridgehead atoms. The highest BCUT2D eigenvalue weighted by Crippen LogP contribution is 2.07. The highest BCUT2D eigenvalue weighted by atomic mass is 16.1. The van der Waals surface area contributed by atoms with E-state index in [0.29, 0.717) is 6.54 Å². The van der Waals surface area contributed by atoms with Crippen LogP contribution < -0.4 is 5.69 Å². The lowest BCUT2D eigenvalue weighted by Gasteiger charge is -2.04. The van der Waals surface area contributed by atoms with E-state index in [2.05, 4.69) is 11.6 Å². The van der Waals surface area contributed by atoms with Crippen LogP contribution in [0.25, 0.3) is 10.9 Å². The first-order chi connectivity index (χ1) is 7.81. The second-order valence-electron chi connectivity index (χ2n) is 3.71. The van der Waals surface area contributed by atoms with Crippen molar-refractivity contribution in [2.75, 3.05) is 0 Å². The van der Waals surface area contributed by atoms with Gasteiger partial charge in [0.2, 0.25) is 0 Å². The van der Waals surface area contributed by atoms with Crippen LogP contribution in [0.3, 0.4) is 0 Å². The van der Waals surface area contributed by atoms with Crippen molar-refractivity contribution in [3.63, 3.8) is 0 Å². The summed E-state index contributed by atoms with van der Waals surface area (Å²) in [7, 11) is 0. The molecule has 82 valence electrons. The topological polar surface area (TPSA) is 34.9 Å². The molecule has 2 aromatic rings. The van der Waals surface area contributed by atoms with Gasteiger partial charge in [0.15, 0.2) is 0 Å². The molecule has 3 heteroatoms. The van der Waals surface area contributed by atoms with Gasteiger partial charge in [0.25, 0.3) is 0 Å². The fraction of sp³-hybridized carbons (Fsp3) is 0.231. The molecule has 2 rings (SSSR count). The Bertz CT molecular complexity index is 557. The summed E-state index contributed by atoms with van der Waals surface area (Å²) in [5.41, 5.74) is 0.579. The fourth-order valence-corrected chi connectivity index (χ4v) is 1.66. The summed E-state index contributed by atoms with van der Waals surface area (Å²) in [5.74, 6) is 0. The summed E-state index contributed by atoms with van der Waals surface area (Å²) in [6, 6.07) is 7.65. The standard InChI is InChI=1S/C13H14N2O/c1-2-3-6-9-15-10-11-7-4-5-8-12(11)14-13(15)16/h2,4-5,7-8,10H,1,3,6,9H2. The summed E-state index contributed by atoms with van der Waals surface area (Å²) < 4.78 is 1.66. The Morgan fingerprint density at radius 1 is 1.38 bits per heavy atom. The van der Waals surface area contributed by atoms with Gasteiger partial charge in [0.1, 0.15) is 0 Å². The van der Waals surface area contributed by atoms with E-state index < -0.39 is 0 Å². The molecule has 0 aliphatic rings. The van der Waals surface area contributed by atoms with Crippen LogP contribution in [0.5, 0.6) is 0 Å². The van der Waals surface area contributed by atoms with Crippen LogP contribution in [0.15, 0.2) is 47.9 Å². The van der Waals surface area contributed by atoms with E-state index in [1.165, 1.54) is 0 Å². The molecule has 0 saturated carbocycles. The molecular weight excluding hydrogens is 200 g/mol. The Morgan fingerprint density at radius 3 is 3.00 bits per heavy atom. The van der Waals surface area contributed by atoms with E-state index in [1.54, 1.807) is 4.57 Å². The molecule has 1 heterocycles. The number of unbranched alkanes of at least 4 members (excludes halogenated alkanes) is 1. The predicted octanol–water partition coefficient (Wildman–Crippen LogP) is 2.36. The number of benzene rings is 1. The predicted molar refractivity (Wildman–Crippen MR) is 65.4 cm³/mol. The first kappa shape index (κ1) is 10.6. The zero-order chi connectivity index (χ0) is 11.4. The molecule has 0 aliphatic carbocycles. The molecule has 1 aromatic carbocycles. The van der Waals surface area contributed by atoms with Gasteiger partial charge in [-0.2, -0.15) is 4.98 Å². The molecular formula is C13H14N2O. The van der Waals surface area contributed by atoms with Gasteiger partial charge in [-0.1, -0.05) is 24.3 Å². The minimum atomic E-state index is -0.178. The van der Waals surface area contributed by atoms with Gasteiger partial charge in [-0.25, -0.2) is 4.79 Å². The van der Waals surface area contributed by atoms with Crippen molar-refractivity contribution in [2.24, 2.45) is 0 Å². The number of allylic oxidation sites excluding steroid dienone is 1. The van der Waals surface area contributed by atoms with E-state index in [9.17, 15) is 4.79 Å². The van der Waals surface area contributed by atoms with Crippen LogP contribution in [-0.4, -0.2) is 9.55 Å². The number of rotatable bonds is 4. The minimum absolute atomic E-state index is 0.178. The van der Waals surface area contributed by atoms with E-state index in [1.807, 2.05) is 36.5 Å². The number of aromatic nitrogens is 2. The van der Waals surface area contributed by atoms with Gasteiger partial charge in [0.05, 0.1) is 5.52 Å². The maximum absolute atomic E-state index is 11.7. The molecule has 1 aromatic heterocycles. The lowest BCUT2D eigenvalue weighted by Crippen LogP contribution is -2.22. The van der Waals surface area contributed by atoms with Crippen LogP contribution >= 0.6 is 0 Å². The highest BCUT2D eigenvalue weighted by molar-refractivity contribution is 5.76. The molecule has 0 spiro atoms. The molecule has 0 amide bonds. The molecule has 3 nitrogen and oxygen atoms in total. The summed E-state index contributed by atoms with van der Waals surface area (Å²) >= 11 is 0. The Kier molecular flexibility index (Phi) is 3.15. The van der Waals surface area contributed by atoms with Crippen LogP contribution in [0.1, 0.15) is 12.8 Å². The molecule has 0 atom stereocenters. The smallest absolute Gasteiger partial charge is 0.299 e. The van der Waals surface area contributed by atoms with Crippen molar-refractivity contribution in [1.29, 1.82) is 0 Å². The SMILES string of the molecule is C=CCCCn1cc2ccccc2nc1=O. The highest BCUT2D eigenvalue weighted by Gasteiger charge is 1.99. The van der Waals surface area contributed by atoms with Crippen LogP contribution in [-0.2, 0) is 6.54 Å². The molecule has 16 heavy (non-hydrogen) atoms. The summed E-state index contributed by atoms with van der Waals surface area (Å²) in [6.45, 7) is 4.36. The summed E-state index contributed by atoms with van der Waals surface area (Å²) in [6.07, 6.45) is 5.57. The van der Waals surface area contributed by atoms with Crippen LogP contribution in [0, 0.1) is 0 Å². The average molecular weight is 214 g/mol. The quantitative estimate of drug-likeness (QED) is 0.578. The Hall–Kier alpha value is -1.90. The van der Waals surface area contributed by atoms with Gasteiger partial charge in [-0.15, -0.1) is 6.58 Å². The number of hydrogen-bond donors (Lipinski definition) is 0. The van der Waals surface area contributed by atoms with Crippen molar-refractivity contribution >= 4 is 10.9 Å². The number of hydrogen-bond acceptors (Lipinski definition) is 2. The number of nitrogens with zero attached hydrogens (tertiary/aromatic N) is 2. The van der Waals surface area contributed by atoms with Crippen molar-refractivity contribution in [2.45, 2.75) is 19.4 Å². The molecule has 0 N–H and O–H groups in total. The second-order valence-corrected chi connectivity index (χ2v) is 3.71. The Balaban J connectivity index is 2.34. The lowest BCUT2D eigenvalue weighted by atomic mass is 10.2. The van der Waals surface area contributed by atoms with Gasteiger partial charge >= 0.3 is 5.69 Å². The first-order valence-electron chi connectivity index (χ1n) is 5.38. The lowest BCUT2D eigenvalue weighted by molar-refractivity contribution is 0.619. The normalized spacial score (nSPS) is 10.5. The van der Waals surface area contributed by atoms with Gasteiger partial charge in [-0.3, -0.25) is 4.57 Å². The Morgan fingerprint density at radius 2 is 2.19 bits per heavy atom. The minimum Gasteiger partial charge on any atom is -0.299 e. The molecule has 0 aliphatic heterocycles. The van der Waals surface area contributed by atoms with E-state index in [0.717, 1.165) is 23.7 Å². The third-order valence-corrected chi connectivity index (χ3v) is 2.50. The third-order valence-electron chi connectivity index (χ3n) is 2.50. The van der Waals surface area contributed by atoms with E-state index in [-0.39, 0.29) is 5.69 Å². The molecule has 0 saturated heterocycles. The fourth-order valence-electron chi connectivity index (χ4n) is 1.66. The molecule has 0 radical (unpaired) electrons. The van der Waals surface area contributed by atoms with Crippen molar-refractivity contribution in [1.82, 2.24) is 9.55 Å². The summed E-state index contributed by atoms with van der Waals surface area (Å²) in [5, 5.41) is 1.00. The average Bonchev–Trinajstić information content (AvgIpc) is 2.30. The van der Waals surface area contributed by atoms with Crippen LogP contribution in [0.4, 0.5) is 0 Å². The molecule has 0 fully saturated rings. The van der Waals surface area contributed by atoms with E-state index in [4.69, 9.17) is 0 Å². The second kappa shape index (κ2) is 4.75. The maximum Gasteiger partial charge on any atom is 0.348 e. The largest absolute Gasteiger partial charge is 0.348 e. The zero-order valence-electron chi connectivity index (χ0n) is 9.10. The van der Waals surface area contributed by atoms with Crippen LogP contribution in [0.2, 0.25) is 0 Å². The van der Waals surface area contributed by atoms with Crippen molar-refractivity contribution in [3.05, 3.63) is 53.6 Å². The van der Waals surface area contributed by atoms with E-state index >= 15 is 0 Å². The number of aryl methyl sites for hydroxylation is 1. The Labute approximate surface area is 94.1 Å². The van der Waals surface area contributed by atoms with Gasteiger partial charge in [-0.05, 0) is 18.9 Å².